The Morgan fingerprint density at radius 3 is 2.11 bits per heavy atom. The van der Waals surface area contributed by atoms with Gasteiger partial charge in [0.05, 0.1) is 6.16 Å². The predicted molar refractivity (Wildman–Crippen MR) is 75.8 cm³/mol. The van der Waals surface area contributed by atoms with E-state index in [0.717, 1.165) is 0 Å². The van der Waals surface area contributed by atoms with E-state index < -0.39 is 7.37 Å². The van der Waals surface area contributed by atoms with E-state index in [9.17, 15) is 4.57 Å². The van der Waals surface area contributed by atoms with Gasteiger partial charge in [0.15, 0.2) is 0 Å². The molecule has 0 aliphatic heterocycles. The smallest absolute Gasteiger partial charge is 0.280 e. The molecule has 0 radical (unpaired) electrons. The lowest BCUT2D eigenvalue weighted by Crippen LogP contribution is -2.11. The van der Waals surface area contributed by atoms with Crippen molar-refractivity contribution in [3.63, 3.8) is 0 Å². The van der Waals surface area contributed by atoms with Crippen LogP contribution in [0.5, 0.6) is 5.75 Å². The molecule has 0 amide bonds. The minimum Gasteiger partial charge on any atom is -0.440 e. The minimum atomic E-state index is -2.91. The maximum atomic E-state index is 12.9. The average Bonchev–Trinajstić information content (AvgIpc) is 2.41. The Balaban J connectivity index is 2.33. The van der Waals surface area contributed by atoms with E-state index in [2.05, 4.69) is 6.58 Å². The third kappa shape index (κ3) is 2.91. The third-order valence-electron chi connectivity index (χ3n) is 2.52. The van der Waals surface area contributed by atoms with Crippen LogP contribution in [0.15, 0.2) is 73.3 Å². The first-order valence-electron chi connectivity index (χ1n) is 5.75. The molecule has 0 heterocycles. The fourth-order valence-corrected chi connectivity index (χ4v) is 3.49. The number of benzene rings is 2. The highest BCUT2D eigenvalue weighted by Gasteiger charge is 2.25. The molecular formula is C15H15O2P. The Morgan fingerprint density at radius 2 is 1.56 bits per heavy atom. The molecule has 92 valence electrons. The van der Waals surface area contributed by atoms with Gasteiger partial charge in [0.1, 0.15) is 5.75 Å². The van der Waals surface area contributed by atoms with Gasteiger partial charge in [-0.25, -0.2) is 0 Å². The standard InChI is InChI=1S/C15H15O2P/c1-2-13-18(16,15-11-7-4-8-12-15)17-14-9-5-3-6-10-14/h2-12H,1,13H2. The summed E-state index contributed by atoms with van der Waals surface area (Å²) in [6, 6.07) is 18.5. The quantitative estimate of drug-likeness (QED) is 0.601. The van der Waals surface area contributed by atoms with Crippen LogP contribution in [0, 0.1) is 0 Å². The van der Waals surface area contributed by atoms with E-state index in [-0.39, 0.29) is 0 Å². The lowest BCUT2D eigenvalue weighted by Gasteiger charge is -2.18. The number of hydrogen-bond donors (Lipinski definition) is 0. The molecule has 2 aromatic rings. The zero-order valence-electron chi connectivity index (χ0n) is 10.0. The molecule has 2 nitrogen and oxygen atoms in total. The largest absolute Gasteiger partial charge is 0.440 e. The molecule has 3 heteroatoms. The van der Waals surface area contributed by atoms with Crippen LogP contribution in [0.1, 0.15) is 0 Å². The second-order valence-corrected chi connectivity index (χ2v) is 6.30. The highest BCUT2D eigenvalue weighted by molar-refractivity contribution is 7.67. The minimum absolute atomic E-state index is 0.325. The summed E-state index contributed by atoms with van der Waals surface area (Å²) < 4.78 is 18.6. The van der Waals surface area contributed by atoms with Crippen molar-refractivity contribution in [3.05, 3.63) is 73.3 Å². The van der Waals surface area contributed by atoms with Gasteiger partial charge in [-0.1, -0.05) is 42.5 Å². The summed E-state index contributed by atoms with van der Waals surface area (Å²) in [4.78, 5) is 0. The molecule has 1 atom stereocenters. The molecule has 0 aromatic heterocycles. The molecule has 18 heavy (non-hydrogen) atoms. The lowest BCUT2D eigenvalue weighted by molar-refractivity contribution is 0.495. The Hall–Kier alpha value is -1.79. The summed E-state index contributed by atoms with van der Waals surface area (Å²) in [6.45, 7) is 3.66. The van der Waals surface area contributed by atoms with E-state index >= 15 is 0 Å². The van der Waals surface area contributed by atoms with Crippen LogP contribution in [-0.2, 0) is 4.57 Å². The van der Waals surface area contributed by atoms with Crippen LogP contribution in [0.2, 0.25) is 0 Å². The second-order valence-electron chi connectivity index (χ2n) is 3.88. The van der Waals surface area contributed by atoms with Gasteiger partial charge in [-0.3, -0.25) is 4.57 Å². The Morgan fingerprint density at radius 1 is 1.00 bits per heavy atom. The van der Waals surface area contributed by atoms with Gasteiger partial charge in [0.2, 0.25) is 0 Å². The van der Waals surface area contributed by atoms with Crippen LogP contribution in [-0.4, -0.2) is 6.16 Å². The summed E-state index contributed by atoms with van der Waals surface area (Å²) in [5, 5.41) is 0.716. The van der Waals surface area contributed by atoms with Crippen molar-refractivity contribution in [1.29, 1.82) is 0 Å². The molecule has 0 aliphatic carbocycles. The average molecular weight is 258 g/mol. The van der Waals surface area contributed by atoms with Gasteiger partial charge >= 0.3 is 0 Å². The normalized spacial score (nSPS) is 13.6. The van der Waals surface area contributed by atoms with Crippen molar-refractivity contribution in [1.82, 2.24) is 0 Å². The first-order valence-corrected chi connectivity index (χ1v) is 7.56. The molecule has 0 saturated carbocycles. The van der Waals surface area contributed by atoms with Gasteiger partial charge in [-0.2, -0.15) is 0 Å². The van der Waals surface area contributed by atoms with Crippen molar-refractivity contribution in [2.45, 2.75) is 0 Å². The number of para-hydroxylation sites is 1. The SMILES string of the molecule is C=CCP(=O)(Oc1ccccc1)c1ccccc1. The number of rotatable bonds is 5. The molecule has 0 aliphatic rings. The highest BCUT2D eigenvalue weighted by Crippen LogP contribution is 2.45. The second kappa shape index (κ2) is 5.70. The van der Waals surface area contributed by atoms with E-state index in [1.165, 1.54) is 0 Å². The van der Waals surface area contributed by atoms with Gasteiger partial charge < -0.3 is 4.52 Å². The summed E-state index contributed by atoms with van der Waals surface area (Å²) in [5.74, 6) is 0.617. The Labute approximate surface area is 107 Å². The maximum Gasteiger partial charge on any atom is 0.280 e. The molecule has 2 aromatic carbocycles. The zero-order valence-corrected chi connectivity index (χ0v) is 10.9. The molecule has 0 saturated heterocycles. The number of allylic oxidation sites excluding steroid dienone is 1. The first kappa shape index (κ1) is 12.7. The molecule has 0 fully saturated rings. The lowest BCUT2D eigenvalue weighted by atomic mass is 10.3. The Kier molecular flexibility index (Phi) is 4.01. The molecule has 1 unspecified atom stereocenters. The monoisotopic (exact) mass is 258 g/mol. The summed E-state index contributed by atoms with van der Waals surface area (Å²) in [5.41, 5.74) is 0. The van der Waals surface area contributed by atoms with Crippen LogP contribution >= 0.6 is 7.37 Å². The predicted octanol–water partition coefficient (Wildman–Crippen LogP) is 3.86. The van der Waals surface area contributed by atoms with E-state index in [0.29, 0.717) is 17.2 Å². The van der Waals surface area contributed by atoms with Crippen LogP contribution in [0.3, 0.4) is 0 Å². The summed E-state index contributed by atoms with van der Waals surface area (Å²) in [6.07, 6.45) is 1.96. The first-order chi connectivity index (χ1) is 8.74. The van der Waals surface area contributed by atoms with Gasteiger partial charge in [0, 0.05) is 5.30 Å². The van der Waals surface area contributed by atoms with Crippen molar-refractivity contribution < 1.29 is 9.09 Å². The summed E-state index contributed by atoms with van der Waals surface area (Å²) >= 11 is 0. The van der Waals surface area contributed by atoms with Crippen LogP contribution in [0.4, 0.5) is 0 Å². The summed E-state index contributed by atoms with van der Waals surface area (Å²) in [7, 11) is -2.91. The fourth-order valence-electron chi connectivity index (χ4n) is 1.67. The molecule has 0 N–H and O–H groups in total. The number of hydrogen-bond acceptors (Lipinski definition) is 2. The topological polar surface area (TPSA) is 26.3 Å². The van der Waals surface area contributed by atoms with E-state index in [1.807, 2.05) is 48.5 Å². The molecular weight excluding hydrogens is 243 g/mol. The van der Waals surface area contributed by atoms with Crippen molar-refractivity contribution >= 4 is 12.7 Å². The van der Waals surface area contributed by atoms with Crippen molar-refractivity contribution in [3.8, 4) is 5.75 Å². The third-order valence-corrected chi connectivity index (χ3v) is 4.84. The van der Waals surface area contributed by atoms with Gasteiger partial charge in [0.25, 0.3) is 7.37 Å². The van der Waals surface area contributed by atoms with Gasteiger partial charge in [-0.15, -0.1) is 6.58 Å². The van der Waals surface area contributed by atoms with Crippen molar-refractivity contribution in [2.24, 2.45) is 0 Å². The molecule has 2 rings (SSSR count). The fraction of sp³-hybridized carbons (Fsp3) is 0.0667. The van der Waals surface area contributed by atoms with Crippen LogP contribution in [0.25, 0.3) is 0 Å². The van der Waals surface area contributed by atoms with Crippen molar-refractivity contribution in [2.75, 3.05) is 6.16 Å². The van der Waals surface area contributed by atoms with Crippen LogP contribution < -0.4 is 9.83 Å². The molecule has 0 bridgehead atoms. The zero-order chi connectivity index (χ0) is 12.8. The van der Waals surface area contributed by atoms with E-state index in [4.69, 9.17) is 4.52 Å². The molecule has 0 spiro atoms. The Bertz CT molecular complexity index is 549. The maximum absolute atomic E-state index is 12.9. The van der Waals surface area contributed by atoms with E-state index in [1.54, 1.807) is 18.2 Å². The highest BCUT2D eigenvalue weighted by atomic mass is 31.2. The van der Waals surface area contributed by atoms with Gasteiger partial charge in [-0.05, 0) is 24.3 Å².